The number of carbonyl (C=O) groups excluding carboxylic acids is 2. The molecule has 1 fully saturated rings. The Hall–Kier alpha value is -3.53. The van der Waals surface area contributed by atoms with Crippen molar-refractivity contribution < 1.29 is 9.59 Å². The summed E-state index contributed by atoms with van der Waals surface area (Å²) in [5.41, 5.74) is 3.54. The van der Waals surface area contributed by atoms with Gasteiger partial charge in [0, 0.05) is 17.3 Å². The minimum Gasteiger partial charge on any atom is -0.347 e. The van der Waals surface area contributed by atoms with Crippen LogP contribution in [0.15, 0.2) is 89.5 Å². The predicted molar refractivity (Wildman–Crippen MR) is 136 cm³/mol. The number of halogens is 1. The molecule has 0 bridgehead atoms. The van der Waals surface area contributed by atoms with E-state index in [-0.39, 0.29) is 18.0 Å². The smallest absolute Gasteiger partial charge is 0.264 e. The highest BCUT2D eigenvalue weighted by Crippen LogP contribution is 2.42. The van der Waals surface area contributed by atoms with Crippen molar-refractivity contribution in [3.63, 3.8) is 0 Å². The predicted octanol–water partition coefficient (Wildman–Crippen LogP) is 5.39. The van der Waals surface area contributed by atoms with Crippen LogP contribution in [0.2, 0.25) is 5.02 Å². The van der Waals surface area contributed by atoms with Gasteiger partial charge >= 0.3 is 0 Å². The molecule has 1 heterocycles. The van der Waals surface area contributed by atoms with Gasteiger partial charge in [0.05, 0.1) is 5.25 Å². The van der Waals surface area contributed by atoms with Crippen molar-refractivity contribution in [3.8, 4) is 6.07 Å². The van der Waals surface area contributed by atoms with E-state index < -0.39 is 11.2 Å². The van der Waals surface area contributed by atoms with Gasteiger partial charge in [0.25, 0.3) is 5.91 Å². The molecule has 170 valence electrons. The minimum atomic E-state index is -0.517. The molecule has 1 aliphatic rings. The molecule has 1 atom stereocenters. The van der Waals surface area contributed by atoms with E-state index in [9.17, 15) is 14.9 Å². The second-order valence-electron chi connectivity index (χ2n) is 7.85. The number of rotatable bonds is 6. The lowest BCUT2D eigenvalue weighted by atomic mass is 10.0. The molecular weight excluding hydrogens is 466 g/mol. The number of benzene rings is 3. The zero-order valence-corrected chi connectivity index (χ0v) is 20.1. The molecule has 1 aliphatic heterocycles. The Bertz CT molecular complexity index is 1280. The molecular formula is C27H22ClN3O2S. The third-order valence-electron chi connectivity index (χ3n) is 5.55. The Morgan fingerprint density at radius 1 is 1.06 bits per heavy atom. The molecule has 34 heavy (non-hydrogen) atoms. The topological polar surface area (TPSA) is 73.2 Å². The maximum absolute atomic E-state index is 13.5. The number of hydrogen-bond donors (Lipinski definition) is 1. The van der Waals surface area contributed by atoms with Crippen molar-refractivity contribution in [1.29, 1.82) is 5.26 Å². The van der Waals surface area contributed by atoms with Crippen molar-refractivity contribution in [3.05, 3.63) is 111 Å². The molecule has 7 heteroatoms. The third-order valence-corrected chi connectivity index (χ3v) is 7.07. The van der Waals surface area contributed by atoms with E-state index in [2.05, 4.69) is 5.32 Å². The second-order valence-corrected chi connectivity index (χ2v) is 9.48. The molecule has 0 radical (unpaired) electrons. The van der Waals surface area contributed by atoms with Crippen molar-refractivity contribution in [1.82, 2.24) is 5.32 Å². The molecule has 2 amide bonds. The van der Waals surface area contributed by atoms with Crippen LogP contribution in [0.25, 0.3) is 0 Å². The van der Waals surface area contributed by atoms with E-state index in [4.69, 9.17) is 11.6 Å². The second kappa shape index (κ2) is 10.6. The van der Waals surface area contributed by atoms with E-state index in [1.54, 1.807) is 24.3 Å². The van der Waals surface area contributed by atoms with Gasteiger partial charge in [-0.3, -0.25) is 14.5 Å². The lowest BCUT2D eigenvalue weighted by Crippen LogP contribution is -2.32. The summed E-state index contributed by atoms with van der Waals surface area (Å²) in [6, 6.07) is 26.2. The summed E-state index contributed by atoms with van der Waals surface area (Å²) in [5, 5.41) is 13.1. The summed E-state index contributed by atoms with van der Waals surface area (Å²) in [6.07, 6.45) is 0.494. The molecule has 0 saturated carbocycles. The average Bonchev–Trinajstić information content (AvgIpc) is 3.16. The van der Waals surface area contributed by atoms with Crippen LogP contribution in [0, 0.1) is 18.3 Å². The molecule has 1 saturated heterocycles. The van der Waals surface area contributed by atoms with E-state index in [0.29, 0.717) is 22.2 Å². The maximum atomic E-state index is 13.5. The van der Waals surface area contributed by atoms with Crippen molar-refractivity contribution >= 4 is 40.9 Å². The fourth-order valence-electron chi connectivity index (χ4n) is 3.72. The first-order chi connectivity index (χ1) is 16.5. The lowest BCUT2D eigenvalue weighted by Gasteiger charge is -2.19. The van der Waals surface area contributed by atoms with E-state index in [1.165, 1.54) is 16.7 Å². The van der Waals surface area contributed by atoms with Crippen LogP contribution in [-0.4, -0.2) is 17.1 Å². The van der Waals surface area contributed by atoms with Crippen LogP contribution < -0.4 is 10.2 Å². The summed E-state index contributed by atoms with van der Waals surface area (Å²) in [7, 11) is 0. The third kappa shape index (κ3) is 5.17. The van der Waals surface area contributed by atoms with Gasteiger partial charge < -0.3 is 5.32 Å². The number of hydrogen-bond acceptors (Lipinski definition) is 4. The fraction of sp³-hybridized carbons (Fsp3) is 0.148. The van der Waals surface area contributed by atoms with Gasteiger partial charge in [-0.15, -0.1) is 0 Å². The average molecular weight is 488 g/mol. The highest BCUT2D eigenvalue weighted by atomic mass is 35.5. The number of carbonyl (C=O) groups is 2. The van der Waals surface area contributed by atoms with Crippen molar-refractivity contribution in [2.45, 2.75) is 25.1 Å². The Kier molecular flexibility index (Phi) is 7.36. The van der Waals surface area contributed by atoms with Crippen LogP contribution in [-0.2, 0) is 22.6 Å². The number of anilines is 1. The number of thioether (sulfide) groups is 1. The number of amides is 2. The molecule has 3 aromatic rings. The molecule has 4 rings (SSSR count). The van der Waals surface area contributed by atoms with E-state index >= 15 is 0 Å². The first kappa shape index (κ1) is 23.6. The molecule has 5 nitrogen and oxygen atoms in total. The Labute approximate surface area is 208 Å². The van der Waals surface area contributed by atoms with Gasteiger partial charge in [-0.05, 0) is 54.3 Å². The van der Waals surface area contributed by atoms with Crippen LogP contribution in [0.5, 0.6) is 0 Å². The largest absolute Gasteiger partial charge is 0.347 e. The highest BCUT2D eigenvalue weighted by molar-refractivity contribution is 8.05. The number of nitrogens with one attached hydrogen (secondary N) is 1. The first-order valence-corrected chi connectivity index (χ1v) is 12.0. The maximum Gasteiger partial charge on any atom is 0.264 e. The summed E-state index contributed by atoms with van der Waals surface area (Å²) in [5.74, 6) is -0.689. The van der Waals surface area contributed by atoms with Gasteiger partial charge in [0.15, 0.2) is 0 Å². The quantitative estimate of drug-likeness (QED) is 0.373. The zero-order valence-electron chi connectivity index (χ0n) is 18.5. The van der Waals surface area contributed by atoms with Gasteiger partial charge in [0.2, 0.25) is 5.91 Å². The lowest BCUT2D eigenvalue weighted by molar-refractivity contribution is -0.117. The number of nitriles is 1. The number of nitrogens with zero attached hydrogens (tertiary/aromatic N) is 2. The first-order valence-electron chi connectivity index (χ1n) is 10.7. The van der Waals surface area contributed by atoms with E-state index in [1.807, 2.05) is 67.6 Å². The van der Waals surface area contributed by atoms with Crippen LogP contribution in [0.1, 0.15) is 16.7 Å². The Morgan fingerprint density at radius 2 is 1.74 bits per heavy atom. The van der Waals surface area contributed by atoms with Crippen molar-refractivity contribution in [2.75, 3.05) is 4.90 Å². The Morgan fingerprint density at radius 3 is 2.41 bits per heavy atom. The summed E-state index contributed by atoms with van der Waals surface area (Å²) < 4.78 is 0. The van der Waals surface area contributed by atoms with E-state index in [0.717, 1.165) is 16.7 Å². The minimum absolute atomic E-state index is 0.0866. The summed E-state index contributed by atoms with van der Waals surface area (Å²) in [4.78, 5) is 28.0. The van der Waals surface area contributed by atoms with Crippen molar-refractivity contribution in [2.24, 2.45) is 0 Å². The zero-order chi connectivity index (χ0) is 24.1. The highest BCUT2D eigenvalue weighted by Gasteiger charge is 2.40. The van der Waals surface area contributed by atoms with Gasteiger partial charge in [-0.2, -0.15) is 5.26 Å². The molecule has 0 aromatic heterocycles. The van der Waals surface area contributed by atoms with Crippen LogP contribution >= 0.6 is 23.4 Å². The summed E-state index contributed by atoms with van der Waals surface area (Å²) in [6.45, 7) is 2.29. The SMILES string of the molecule is Cc1ccccc1CC1S/C(=C(/C#N)C(=O)NCc2ccccc2)N(c2ccc(Cl)cc2)C1=O. The van der Waals surface area contributed by atoms with Crippen LogP contribution in [0.4, 0.5) is 5.69 Å². The number of aryl methyl sites for hydroxylation is 1. The van der Waals surface area contributed by atoms with Gasteiger partial charge in [-0.25, -0.2) is 0 Å². The monoisotopic (exact) mass is 487 g/mol. The molecule has 1 unspecified atom stereocenters. The molecule has 3 aromatic carbocycles. The molecule has 1 N–H and O–H groups in total. The summed E-state index contributed by atoms with van der Waals surface area (Å²) >= 11 is 7.30. The standard InChI is InChI=1S/C27H22ClN3O2S/c1-18-7-5-6-10-20(18)15-24-26(33)31(22-13-11-21(28)12-14-22)27(34-24)23(16-29)25(32)30-17-19-8-3-2-4-9-19/h2-14,24H,15,17H2,1H3,(H,30,32)/b27-23-. The molecule has 0 aliphatic carbocycles. The van der Waals surface area contributed by atoms with Gasteiger partial charge in [-0.1, -0.05) is 78.0 Å². The Balaban J connectivity index is 1.68. The normalized spacial score (nSPS) is 16.8. The fourth-order valence-corrected chi connectivity index (χ4v) is 5.14. The van der Waals surface area contributed by atoms with Crippen LogP contribution in [0.3, 0.4) is 0 Å². The van der Waals surface area contributed by atoms with Gasteiger partial charge in [0.1, 0.15) is 16.7 Å². The molecule has 0 spiro atoms.